The van der Waals surface area contributed by atoms with E-state index in [0.29, 0.717) is 14.8 Å². The lowest BCUT2D eigenvalue weighted by molar-refractivity contribution is -0.117. The van der Waals surface area contributed by atoms with Crippen LogP contribution in [0, 0.1) is 10.9 Å². The molecule has 3 rings (SSSR count). The van der Waals surface area contributed by atoms with Crippen molar-refractivity contribution in [3.05, 3.63) is 50.2 Å². The molecule has 1 aromatic carbocycles. The maximum absolute atomic E-state index is 12.4. The van der Waals surface area contributed by atoms with E-state index >= 15 is 0 Å². The maximum atomic E-state index is 12.4. The van der Waals surface area contributed by atoms with Gasteiger partial charge in [0.15, 0.2) is 9.09 Å². The van der Waals surface area contributed by atoms with Gasteiger partial charge in [-0.2, -0.15) is 0 Å². The van der Waals surface area contributed by atoms with Crippen LogP contribution in [0.1, 0.15) is 11.3 Å². The molecular formula is C17H16N4O2S3. The number of hydrogen-bond acceptors (Lipinski definition) is 6. The van der Waals surface area contributed by atoms with Gasteiger partial charge in [-0.3, -0.25) is 9.59 Å². The monoisotopic (exact) mass is 404 g/mol. The minimum Gasteiger partial charge on any atom is -0.369 e. The molecule has 0 spiro atoms. The number of rotatable bonds is 6. The van der Waals surface area contributed by atoms with Gasteiger partial charge in [0.25, 0.3) is 0 Å². The Morgan fingerprint density at radius 3 is 2.65 bits per heavy atom. The number of carbonyl (C=O) groups is 2. The molecule has 0 unspecified atom stereocenters. The molecule has 134 valence electrons. The van der Waals surface area contributed by atoms with Crippen LogP contribution in [0.3, 0.4) is 0 Å². The van der Waals surface area contributed by atoms with Gasteiger partial charge in [-0.15, -0.1) is 22.7 Å². The fraction of sp³-hybridized carbons (Fsp3) is 0.176. The zero-order valence-corrected chi connectivity index (χ0v) is 16.3. The Labute approximate surface area is 163 Å². The Kier molecular flexibility index (Phi) is 5.60. The normalized spacial score (nSPS) is 10.7. The maximum Gasteiger partial charge on any atom is 0.246 e. The second-order valence-corrected chi connectivity index (χ2v) is 8.04. The van der Waals surface area contributed by atoms with Crippen molar-refractivity contribution >= 4 is 51.8 Å². The molecule has 0 aliphatic rings. The lowest BCUT2D eigenvalue weighted by Crippen LogP contribution is -2.19. The number of hydrogen-bond donors (Lipinski definition) is 2. The Balaban J connectivity index is 1.74. The summed E-state index contributed by atoms with van der Waals surface area (Å²) < 4.78 is 2.43. The number of nitrogens with two attached hydrogens (primary N) is 1. The van der Waals surface area contributed by atoms with Gasteiger partial charge in [0, 0.05) is 10.8 Å². The van der Waals surface area contributed by atoms with Crippen LogP contribution >= 0.6 is 34.9 Å². The zero-order chi connectivity index (χ0) is 18.7. The molecule has 0 aliphatic heterocycles. The molecule has 0 fully saturated rings. The van der Waals surface area contributed by atoms with E-state index in [1.165, 1.54) is 28.2 Å². The van der Waals surface area contributed by atoms with Crippen molar-refractivity contribution in [2.75, 3.05) is 5.32 Å². The summed E-state index contributed by atoms with van der Waals surface area (Å²) in [5, 5.41) is 6.83. The summed E-state index contributed by atoms with van der Waals surface area (Å²) in [5.74, 6) is -0.687. The number of aromatic nitrogens is 2. The molecule has 0 radical (unpaired) electrons. The Bertz CT molecular complexity index is 1000. The average Bonchev–Trinajstić information content (AvgIpc) is 3.15. The molecule has 0 saturated carbocycles. The smallest absolute Gasteiger partial charge is 0.246 e. The van der Waals surface area contributed by atoms with Crippen molar-refractivity contribution in [2.45, 2.75) is 19.9 Å². The molecule has 9 heteroatoms. The van der Waals surface area contributed by atoms with Crippen molar-refractivity contribution in [2.24, 2.45) is 5.73 Å². The fourth-order valence-electron chi connectivity index (χ4n) is 2.36. The Morgan fingerprint density at radius 2 is 1.96 bits per heavy atom. The lowest BCUT2D eigenvalue weighted by atomic mass is 10.1. The van der Waals surface area contributed by atoms with Crippen LogP contribution in [-0.2, 0) is 22.6 Å². The Morgan fingerprint density at radius 1 is 1.23 bits per heavy atom. The van der Waals surface area contributed by atoms with E-state index in [1.807, 2.05) is 36.6 Å². The third kappa shape index (κ3) is 4.43. The van der Waals surface area contributed by atoms with Crippen molar-refractivity contribution in [3.63, 3.8) is 0 Å². The molecule has 0 saturated heterocycles. The molecule has 3 aromatic rings. The van der Waals surface area contributed by atoms with Gasteiger partial charge in [-0.05, 0) is 24.7 Å². The summed E-state index contributed by atoms with van der Waals surface area (Å²) in [6.45, 7) is 2.12. The average molecular weight is 405 g/mol. The lowest BCUT2D eigenvalue weighted by Gasteiger charge is -2.09. The van der Waals surface area contributed by atoms with Crippen molar-refractivity contribution < 1.29 is 9.59 Å². The number of nitrogens with zero attached hydrogens (tertiary/aromatic N) is 2. The number of primary amides is 1. The third-order valence-electron chi connectivity index (χ3n) is 3.59. The van der Waals surface area contributed by atoms with Gasteiger partial charge >= 0.3 is 0 Å². The first-order valence-corrected chi connectivity index (χ1v) is 9.87. The summed E-state index contributed by atoms with van der Waals surface area (Å²) >= 11 is 8.05. The number of anilines is 1. The molecule has 0 atom stereocenters. The third-order valence-corrected chi connectivity index (χ3v) is 5.66. The second kappa shape index (κ2) is 7.90. The summed E-state index contributed by atoms with van der Waals surface area (Å²) in [6, 6.07) is 8.07. The predicted octanol–water partition coefficient (Wildman–Crippen LogP) is 3.38. The molecule has 2 aromatic heterocycles. The molecule has 0 aliphatic carbocycles. The summed E-state index contributed by atoms with van der Waals surface area (Å²) in [7, 11) is 0. The molecule has 2 amide bonds. The van der Waals surface area contributed by atoms with E-state index in [-0.39, 0.29) is 18.9 Å². The highest BCUT2D eigenvalue weighted by Crippen LogP contribution is 2.25. The van der Waals surface area contributed by atoms with Crippen LogP contribution in [0.25, 0.3) is 11.3 Å². The van der Waals surface area contributed by atoms with E-state index in [0.717, 1.165) is 11.3 Å². The largest absolute Gasteiger partial charge is 0.369 e. The van der Waals surface area contributed by atoms with Crippen LogP contribution in [0.2, 0.25) is 0 Å². The fourth-order valence-corrected chi connectivity index (χ4v) is 4.16. The van der Waals surface area contributed by atoms with Gasteiger partial charge in [-0.25, -0.2) is 4.98 Å². The molecule has 3 N–H and O–H groups in total. The number of benzene rings is 1. The first-order valence-electron chi connectivity index (χ1n) is 7.70. The molecular weight excluding hydrogens is 388 g/mol. The number of thiazole rings is 2. The predicted molar refractivity (Wildman–Crippen MR) is 107 cm³/mol. The van der Waals surface area contributed by atoms with Gasteiger partial charge in [0.05, 0.1) is 17.8 Å². The van der Waals surface area contributed by atoms with Crippen LogP contribution in [0.5, 0.6) is 0 Å². The zero-order valence-electron chi connectivity index (χ0n) is 13.9. The Hall–Kier alpha value is -2.36. The van der Waals surface area contributed by atoms with Crippen LogP contribution < -0.4 is 11.1 Å². The van der Waals surface area contributed by atoms with E-state index < -0.39 is 5.91 Å². The van der Waals surface area contributed by atoms with Gasteiger partial charge in [0.1, 0.15) is 6.54 Å². The molecule has 6 nitrogen and oxygen atoms in total. The number of amides is 2. The quantitative estimate of drug-likeness (QED) is 0.616. The van der Waals surface area contributed by atoms with E-state index in [4.69, 9.17) is 18.0 Å². The number of aryl methyl sites for hydroxylation is 1. The standard InChI is InChI=1S/C17H16N4O2S3/c1-10-2-4-11(5-3-10)13-9-26-17(24)21(13)7-15(23)20-16-19-12(8-25-16)6-14(18)22/h2-5,8-9H,6-7H2,1H3,(H2,18,22)(H,19,20,23). The summed E-state index contributed by atoms with van der Waals surface area (Å²) in [4.78, 5) is 27.5. The number of carbonyl (C=O) groups excluding carboxylic acids is 2. The number of nitrogens with one attached hydrogen (secondary N) is 1. The first kappa shape index (κ1) is 18.4. The first-order chi connectivity index (χ1) is 12.4. The van der Waals surface area contributed by atoms with Crippen molar-refractivity contribution in [3.8, 4) is 11.3 Å². The van der Waals surface area contributed by atoms with Crippen molar-refractivity contribution in [1.29, 1.82) is 0 Å². The summed E-state index contributed by atoms with van der Waals surface area (Å²) in [6.07, 6.45) is 0.0551. The van der Waals surface area contributed by atoms with E-state index in [9.17, 15) is 9.59 Å². The highest BCUT2D eigenvalue weighted by Gasteiger charge is 2.13. The topological polar surface area (TPSA) is 90.0 Å². The van der Waals surface area contributed by atoms with Gasteiger partial charge in [-0.1, -0.05) is 29.8 Å². The van der Waals surface area contributed by atoms with E-state index in [1.54, 1.807) is 9.95 Å². The summed E-state index contributed by atoms with van der Waals surface area (Å²) in [5.41, 5.74) is 8.78. The van der Waals surface area contributed by atoms with E-state index in [2.05, 4.69) is 10.3 Å². The van der Waals surface area contributed by atoms with Gasteiger partial charge < -0.3 is 15.6 Å². The highest BCUT2D eigenvalue weighted by molar-refractivity contribution is 7.73. The van der Waals surface area contributed by atoms with Gasteiger partial charge in [0.2, 0.25) is 11.8 Å². The van der Waals surface area contributed by atoms with Crippen LogP contribution in [0.4, 0.5) is 5.13 Å². The molecule has 0 bridgehead atoms. The minimum atomic E-state index is -0.458. The highest BCUT2D eigenvalue weighted by atomic mass is 32.1. The van der Waals surface area contributed by atoms with Crippen LogP contribution in [0.15, 0.2) is 35.0 Å². The van der Waals surface area contributed by atoms with Crippen LogP contribution in [-0.4, -0.2) is 21.4 Å². The molecule has 26 heavy (non-hydrogen) atoms. The van der Waals surface area contributed by atoms with Crippen molar-refractivity contribution in [1.82, 2.24) is 9.55 Å². The molecule has 2 heterocycles. The minimum absolute atomic E-state index is 0.0551. The second-order valence-electron chi connectivity index (χ2n) is 5.67. The SMILES string of the molecule is Cc1ccc(-c2csc(=S)n2CC(=O)Nc2nc(CC(N)=O)cs2)cc1.